The number of carbonyl (C=O) groups excluding carboxylic acids is 2. The van der Waals surface area contributed by atoms with Gasteiger partial charge in [0.05, 0.1) is 27.9 Å². The highest BCUT2D eigenvalue weighted by Gasteiger charge is 2.42. The van der Waals surface area contributed by atoms with Gasteiger partial charge in [0.1, 0.15) is 11.9 Å². The van der Waals surface area contributed by atoms with E-state index in [0.717, 1.165) is 12.7 Å². The summed E-state index contributed by atoms with van der Waals surface area (Å²) >= 11 is 0. The van der Waals surface area contributed by atoms with Crippen molar-refractivity contribution in [3.63, 3.8) is 0 Å². The number of esters is 1. The van der Waals surface area contributed by atoms with Crippen LogP contribution in [0.3, 0.4) is 0 Å². The van der Waals surface area contributed by atoms with Gasteiger partial charge in [-0.25, -0.2) is 18.2 Å². The molecule has 1 saturated heterocycles. The van der Waals surface area contributed by atoms with Crippen LogP contribution in [0.4, 0.5) is 0 Å². The van der Waals surface area contributed by atoms with Gasteiger partial charge in [0, 0.05) is 12.8 Å². The summed E-state index contributed by atoms with van der Waals surface area (Å²) in [6.07, 6.45) is 3.97. The van der Waals surface area contributed by atoms with Crippen molar-refractivity contribution in [1.29, 1.82) is 0 Å². The van der Waals surface area contributed by atoms with Gasteiger partial charge >= 0.3 is 5.97 Å². The molecule has 0 N–H and O–H groups in total. The Morgan fingerprint density at radius 3 is 2.66 bits per heavy atom. The summed E-state index contributed by atoms with van der Waals surface area (Å²) in [5.41, 5.74) is 0.556. The highest BCUT2D eigenvalue weighted by atomic mass is 32.2. The van der Waals surface area contributed by atoms with Gasteiger partial charge in [-0.05, 0) is 45.7 Å². The minimum absolute atomic E-state index is 0.0222. The molecule has 2 aliphatic rings. The van der Waals surface area contributed by atoms with Crippen molar-refractivity contribution in [2.24, 2.45) is 0 Å². The minimum atomic E-state index is -3.63. The van der Waals surface area contributed by atoms with Crippen LogP contribution in [0.2, 0.25) is 0 Å². The minimum Gasteiger partial charge on any atom is -0.455 e. The Labute approximate surface area is 169 Å². The summed E-state index contributed by atoms with van der Waals surface area (Å²) in [6, 6.07) is 4.34. The Morgan fingerprint density at radius 1 is 1.28 bits per heavy atom. The molecule has 2 aliphatic heterocycles. The average molecular weight is 417 g/mol. The third-order valence-corrected chi connectivity index (χ3v) is 6.24. The molecule has 0 radical (unpaired) electrons. The predicted molar refractivity (Wildman–Crippen MR) is 105 cm³/mol. The number of sulfone groups is 1. The molecule has 1 atom stereocenters. The average Bonchev–Trinajstić information content (AvgIpc) is 3.22. The van der Waals surface area contributed by atoms with Crippen molar-refractivity contribution in [1.82, 2.24) is 14.5 Å². The number of imidazole rings is 1. The summed E-state index contributed by atoms with van der Waals surface area (Å²) in [4.78, 5) is 32.1. The fraction of sp³-hybridized carbons (Fsp3) is 0.450. The monoisotopic (exact) mass is 417 g/mol. The van der Waals surface area contributed by atoms with Gasteiger partial charge in [0.25, 0.3) is 5.91 Å². The Bertz CT molecular complexity index is 1130. The van der Waals surface area contributed by atoms with E-state index in [4.69, 9.17) is 4.74 Å². The predicted octanol–water partition coefficient (Wildman–Crippen LogP) is 2.52. The van der Waals surface area contributed by atoms with Crippen molar-refractivity contribution in [2.75, 3.05) is 12.8 Å². The van der Waals surface area contributed by atoms with Crippen LogP contribution >= 0.6 is 0 Å². The fourth-order valence-corrected chi connectivity index (χ4v) is 4.92. The molecule has 1 amide bonds. The van der Waals surface area contributed by atoms with E-state index in [2.05, 4.69) is 4.98 Å². The Balaban J connectivity index is 1.98. The van der Waals surface area contributed by atoms with Crippen molar-refractivity contribution < 1.29 is 22.7 Å². The lowest BCUT2D eigenvalue weighted by molar-refractivity contribution is 0.00595. The number of rotatable bonds is 2. The van der Waals surface area contributed by atoms with Crippen LogP contribution < -0.4 is 0 Å². The molecule has 8 nitrogen and oxygen atoms in total. The number of hydrogen-bond donors (Lipinski definition) is 0. The highest BCUT2D eigenvalue weighted by Crippen LogP contribution is 2.41. The van der Waals surface area contributed by atoms with Crippen molar-refractivity contribution in [3.8, 4) is 5.69 Å². The number of aromatic nitrogens is 2. The topological polar surface area (TPSA) is 98.6 Å². The fourth-order valence-electron chi connectivity index (χ4n) is 4.03. The second-order valence-corrected chi connectivity index (χ2v) is 10.4. The van der Waals surface area contributed by atoms with Gasteiger partial charge in [-0.3, -0.25) is 9.36 Å². The van der Waals surface area contributed by atoms with E-state index in [0.29, 0.717) is 24.3 Å². The summed E-state index contributed by atoms with van der Waals surface area (Å²) in [7, 11) is -3.63. The molecule has 0 saturated carbocycles. The maximum absolute atomic E-state index is 13.4. The number of amides is 1. The maximum Gasteiger partial charge on any atom is 0.359 e. The van der Waals surface area contributed by atoms with Gasteiger partial charge in [0.2, 0.25) is 0 Å². The SMILES string of the molecule is CC(C)(C)OC(=O)c1ncn2c1[C@@H]1CCCN1C(=O)c1c-2cccc1S(C)(=O)=O. The summed E-state index contributed by atoms with van der Waals surface area (Å²) in [6.45, 7) is 5.82. The van der Waals surface area contributed by atoms with E-state index in [1.807, 2.05) is 0 Å². The first-order chi connectivity index (χ1) is 13.5. The molecule has 3 heterocycles. The molecule has 2 aromatic rings. The lowest BCUT2D eigenvalue weighted by Gasteiger charge is -2.24. The maximum atomic E-state index is 13.4. The first-order valence-electron chi connectivity index (χ1n) is 9.44. The normalized spacial score (nSPS) is 18.7. The summed E-state index contributed by atoms with van der Waals surface area (Å²) in [5, 5.41) is 0. The standard InChI is InChI=1S/C20H23N3O5S/c1-20(2,3)28-19(25)16-17-13-8-6-10-22(13)18(24)15-12(23(17)11-21-16)7-5-9-14(15)29(4,26)27/h5,7,9,11,13H,6,8,10H2,1-4H3/t13-/m0/s1. The number of benzene rings is 1. The van der Waals surface area contributed by atoms with E-state index in [9.17, 15) is 18.0 Å². The van der Waals surface area contributed by atoms with E-state index in [1.165, 1.54) is 12.4 Å². The zero-order valence-corrected chi connectivity index (χ0v) is 17.6. The quantitative estimate of drug-likeness (QED) is 0.697. The molecule has 1 aromatic carbocycles. The van der Waals surface area contributed by atoms with Crippen LogP contribution in [0.15, 0.2) is 29.4 Å². The number of ether oxygens (including phenoxy) is 1. The van der Waals surface area contributed by atoms with E-state index in [1.54, 1.807) is 42.4 Å². The molecule has 0 aliphatic carbocycles. The lowest BCUT2D eigenvalue weighted by atomic mass is 10.1. The van der Waals surface area contributed by atoms with Gasteiger partial charge in [-0.15, -0.1) is 0 Å². The first kappa shape index (κ1) is 19.6. The molecular weight excluding hydrogens is 394 g/mol. The van der Waals surface area contributed by atoms with Crippen molar-refractivity contribution in [3.05, 3.63) is 41.5 Å². The van der Waals surface area contributed by atoms with Crippen LogP contribution in [0.25, 0.3) is 5.69 Å². The summed E-state index contributed by atoms with van der Waals surface area (Å²) in [5.74, 6) is -0.907. The van der Waals surface area contributed by atoms with E-state index in [-0.39, 0.29) is 28.1 Å². The molecule has 1 fully saturated rings. The number of hydrogen-bond acceptors (Lipinski definition) is 6. The Hall–Kier alpha value is -2.68. The molecule has 1 aromatic heterocycles. The second-order valence-electron chi connectivity index (χ2n) is 8.43. The van der Waals surface area contributed by atoms with Crippen molar-refractivity contribution >= 4 is 21.7 Å². The van der Waals surface area contributed by atoms with Crippen LogP contribution in [0.5, 0.6) is 0 Å². The largest absolute Gasteiger partial charge is 0.455 e. The van der Waals surface area contributed by atoms with Gasteiger partial charge < -0.3 is 9.64 Å². The third kappa shape index (κ3) is 3.23. The molecule has 0 bridgehead atoms. The van der Waals surface area contributed by atoms with Crippen molar-refractivity contribution in [2.45, 2.75) is 50.2 Å². The molecule has 154 valence electrons. The van der Waals surface area contributed by atoms with Crippen LogP contribution in [-0.2, 0) is 14.6 Å². The second kappa shape index (κ2) is 6.41. The van der Waals surface area contributed by atoms with Crippen LogP contribution in [0.1, 0.15) is 66.2 Å². The van der Waals surface area contributed by atoms with Crippen LogP contribution in [0, 0.1) is 0 Å². The summed E-state index contributed by atoms with van der Waals surface area (Å²) < 4.78 is 31.9. The lowest BCUT2D eigenvalue weighted by Crippen LogP contribution is -2.31. The molecule has 4 rings (SSSR count). The Morgan fingerprint density at radius 2 is 2.00 bits per heavy atom. The zero-order chi connectivity index (χ0) is 21.1. The van der Waals surface area contributed by atoms with Gasteiger partial charge in [-0.2, -0.15) is 0 Å². The van der Waals surface area contributed by atoms with E-state index < -0.39 is 21.4 Å². The zero-order valence-electron chi connectivity index (χ0n) is 16.8. The Kier molecular flexibility index (Phi) is 4.34. The number of carbonyl (C=O) groups is 2. The molecular formula is C20H23N3O5S. The molecule has 9 heteroatoms. The highest BCUT2D eigenvalue weighted by molar-refractivity contribution is 7.90. The smallest absolute Gasteiger partial charge is 0.359 e. The van der Waals surface area contributed by atoms with Gasteiger partial charge in [-0.1, -0.05) is 6.07 Å². The van der Waals surface area contributed by atoms with E-state index >= 15 is 0 Å². The molecule has 0 unspecified atom stereocenters. The van der Waals surface area contributed by atoms with Gasteiger partial charge in [0.15, 0.2) is 15.5 Å². The third-order valence-electron chi connectivity index (χ3n) is 5.10. The first-order valence-corrected chi connectivity index (χ1v) is 11.3. The number of fused-ring (bicyclic) bond motifs is 5. The number of nitrogens with zero attached hydrogens (tertiary/aromatic N) is 3. The van der Waals surface area contributed by atoms with Crippen LogP contribution in [-0.4, -0.2) is 53.1 Å². The molecule has 29 heavy (non-hydrogen) atoms. The molecule has 0 spiro atoms.